The molecule has 1 aliphatic rings. The fourth-order valence-corrected chi connectivity index (χ4v) is 2.97. The maximum atomic E-state index is 12.6. The summed E-state index contributed by atoms with van der Waals surface area (Å²) >= 11 is 0. The van der Waals surface area contributed by atoms with E-state index in [9.17, 15) is 4.79 Å². The van der Waals surface area contributed by atoms with Crippen molar-refractivity contribution in [1.82, 2.24) is 4.90 Å². The quantitative estimate of drug-likeness (QED) is 0.652. The van der Waals surface area contributed by atoms with Gasteiger partial charge in [0.15, 0.2) is 23.4 Å². The highest BCUT2D eigenvalue weighted by Crippen LogP contribution is 2.31. The zero-order valence-corrected chi connectivity index (χ0v) is 15.5. The number of carbonyl (C=O) groups excluding carboxylic acids is 1. The molecule has 0 radical (unpaired) electrons. The number of furan rings is 1. The van der Waals surface area contributed by atoms with E-state index in [0.717, 1.165) is 11.5 Å². The number of hydrogen-bond donors (Lipinski definition) is 0. The van der Waals surface area contributed by atoms with Crippen LogP contribution in [0.4, 0.5) is 0 Å². The number of carbonyl (C=O) groups is 1. The summed E-state index contributed by atoms with van der Waals surface area (Å²) in [5.74, 6) is 2.81. The SMILES string of the molecule is CN(C[C@@H]1COc2ccccc2O1)C(=O)c1ccc(COc2ccccc2)o1. The predicted octanol–water partition coefficient (Wildman–Crippen LogP) is 3.77. The van der Waals surface area contributed by atoms with Crippen LogP contribution in [0.25, 0.3) is 0 Å². The Morgan fingerprint density at radius 1 is 1.04 bits per heavy atom. The molecule has 6 heteroatoms. The minimum Gasteiger partial charge on any atom is -0.486 e. The molecule has 1 atom stereocenters. The van der Waals surface area contributed by atoms with Crippen LogP contribution in [0.1, 0.15) is 16.3 Å². The first-order valence-corrected chi connectivity index (χ1v) is 9.09. The van der Waals surface area contributed by atoms with Gasteiger partial charge in [-0.05, 0) is 36.4 Å². The monoisotopic (exact) mass is 379 g/mol. The molecule has 1 aliphatic heterocycles. The van der Waals surface area contributed by atoms with Crippen LogP contribution >= 0.6 is 0 Å². The molecule has 2 aromatic carbocycles. The summed E-state index contributed by atoms with van der Waals surface area (Å²) in [7, 11) is 1.72. The zero-order valence-electron chi connectivity index (χ0n) is 15.5. The van der Waals surface area contributed by atoms with E-state index in [0.29, 0.717) is 24.7 Å². The van der Waals surface area contributed by atoms with Gasteiger partial charge in [-0.1, -0.05) is 30.3 Å². The van der Waals surface area contributed by atoms with Crippen molar-refractivity contribution >= 4 is 5.91 Å². The van der Waals surface area contributed by atoms with E-state index in [4.69, 9.17) is 18.6 Å². The highest BCUT2D eigenvalue weighted by atomic mass is 16.6. The molecule has 3 aromatic rings. The summed E-state index contributed by atoms with van der Waals surface area (Å²) in [6, 6.07) is 20.4. The predicted molar refractivity (Wildman–Crippen MR) is 103 cm³/mol. The van der Waals surface area contributed by atoms with Crippen LogP contribution in [0.2, 0.25) is 0 Å². The van der Waals surface area contributed by atoms with Crippen molar-refractivity contribution in [3.8, 4) is 17.2 Å². The number of para-hydroxylation sites is 3. The Balaban J connectivity index is 1.32. The normalized spacial score (nSPS) is 15.1. The molecule has 144 valence electrons. The summed E-state index contributed by atoms with van der Waals surface area (Å²) in [6.07, 6.45) is -0.236. The molecule has 4 rings (SSSR count). The highest BCUT2D eigenvalue weighted by Gasteiger charge is 2.25. The second-order valence-corrected chi connectivity index (χ2v) is 6.55. The average Bonchev–Trinajstić information content (AvgIpc) is 3.21. The van der Waals surface area contributed by atoms with Gasteiger partial charge in [0.1, 0.15) is 24.7 Å². The van der Waals surface area contributed by atoms with Crippen molar-refractivity contribution in [3.63, 3.8) is 0 Å². The first-order valence-electron chi connectivity index (χ1n) is 9.09. The summed E-state index contributed by atoms with van der Waals surface area (Å²) < 4.78 is 22.9. The molecule has 0 bridgehead atoms. The van der Waals surface area contributed by atoms with Gasteiger partial charge in [-0.25, -0.2) is 0 Å². The molecule has 2 heterocycles. The van der Waals surface area contributed by atoms with Gasteiger partial charge in [0.05, 0.1) is 6.54 Å². The Morgan fingerprint density at radius 3 is 2.61 bits per heavy atom. The van der Waals surface area contributed by atoms with E-state index in [-0.39, 0.29) is 24.4 Å². The van der Waals surface area contributed by atoms with E-state index in [1.807, 2.05) is 54.6 Å². The summed E-state index contributed by atoms with van der Waals surface area (Å²) in [6.45, 7) is 1.05. The number of hydrogen-bond acceptors (Lipinski definition) is 5. The van der Waals surface area contributed by atoms with Gasteiger partial charge in [0, 0.05) is 7.05 Å². The zero-order chi connectivity index (χ0) is 19.3. The number of rotatable bonds is 6. The molecule has 6 nitrogen and oxygen atoms in total. The number of ether oxygens (including phenoxy) is 3. The molecule has 0 saturated carbocycles. The lowest BCUT2D eigenvalue weighted by Crippen LogP contribution is -2.41. The molecule has 0 aliphatic carbocycles. The minimum atomic E-state index is -0.236. The standard InChI is InChI=1S/C22H21NO5/c1-23(13-18-15-26-19-9-5-6-10-20(19)28-18)22(24)21-12-11-17(27-21)14-25-16-7-3-2-4-8-16/h2-12,18H,13-15H2,1H3/t18-/m1/s1. The summed E-state index contributed by atoms with van der Waals surface area (Å²) in [5, 5.41) is 0. The van der Waals surface area contributed by atoms with Crippen LogP contribution in [0.3, 0.4) is 0 Å². The van der Waals surface area contributed by atoms with E-state index in [2.05, 4.69) is 0 Å². The third-order valence-electron chi connectivity index (χ3n) is 4.39. The number of benzene rings is 2. The van der Waals surface area contributed by atoms with Gasteiger partial charge in [-0.2, -0.15) is 0 Å². The topological polar surface area (TPSA) is 61.1 Å². The van der Waals surface area contributed by atoms with Gasteiger partial charge >= 0.3 is 0 Å². The Morgan fingerprint density at radius 2 is 1.79 bits per heavy atom. The van der Waals surface area contributed by atoms with Crippen molar-refractivity contribution in [2.45, 2.75) is 12.7 Å². The van der Waals surface area contributed by atoms with E-state index in [1.54, 1.807) is 24.1 Å². The molecule has 0 fully saturated rings. The molecule has 0 unspecified atom stereocenters. The number of amides is 1. The van der Waals surface area contributed by atoms with Gasteiger partial charge < -0.3 is 23.5 Å². The number of fused-ring (bicyclic) bond motifs is 1. The molecule has 0 N–H and O–H groups in total. The van der Waals surface area contributed by atoms with Crippen LogP contribution < -0.4 is 14.2 Å². The van der Waals surface area contributed by atoms with Crippen molar-refractivity contribution in [2.24, 2.45) is 0 Å². The van der Waals surface area contributed by atoms with Gasteiger partial charge in [0.25, 0.3) is 5.91 Å². The Hall–Kier alpha value is -3.41. The molecular formula is C22H21NO5. The van der Waals surface area contributed by atoms with Crippen molar-refractivity contribution in [3.05, 3.63) is 78.3 Å². The number of likely N-dealkylation sites (N-methyl/N-ethyl adjacent to an activating group) is 1. The van der Waals surface area contributed by atoms with E-state index in [1.165, 1.54) is 0 Å². The smallest absolute Gasteiger partial charge is 0.289 e. The molecule has 0 saturated heterocycles. The Kier molecular flexibility index (Phi) is 5.19. The average molecular weight is 379 g/mol. The molecule has 1 aromatic heterocycles. The number of nitrogens with zero attached hydrogens (tertiary/aromatic N) is 1. The first-order chi connectivity index (χ1) is 13.7. The summed E-state index contributed by atoms with van der Waals surface area (Å²) in [4.78, 5) is 14.2. The van der Waals surface area contributed by atoms with Crippen LogP contribution in [-0.4, -0.2) is 37.1 Å². The Bertz CT molecular complexity index is 937. The fourth-order valence-electron chi connectivity index (χ4n) is 2.97. The second kappa shape index (κ2) is 8.08. The third kappa shape index (κ3) is 4.11. The van der Waals surface area contributed by atoms with Gasteiger partial charge in [-0.3, -0.25) is 4.79 Å². The van der Waals surface area contributed by atoms with Crippen molar-refractivity contribution in [1.29, 1.82) is 0 Å². The third-order valence-corrected chi connectivity index (χ3v) is 4.39. The highest BCUT2D eigenvalue weighted by molar-refractivity contribution is 5.91. The van der Waals surface area contributed by atoms with Gasteiger partial charge in [0.2, 0.25) is 0 Å². The minimum absolute atomic E-state index is 0.214. The van der Waals surface area contributed by atoms with Crippen LogP contribution in [-0.2, 0) is 6.61 Å². The van der Waals surface area contributed by atoms with Crippen LogP contribution in [0.5, 0.6) is 17.2 Å². The van der Waals surface area contributed by atoms with E-state index < -0.39 is 0 Å². The fraction of sp³-hybridized carbons (Fsp3) is 0.227. The van der Waals surface area contributed by atoms with Crippen LogP contribution in [0, 0.1) is 0 Å². The van der Waals surface area contributed by atoms with Gasteiger partial charge in [-0.15, -0.1) is 0 Å². The lowest BCUT2D eigenvalue weighted by Gasteiger charge is -2.29. The van der Waals surface area contributed by atoms with Crippen molar-refractivity contribution in [2.75, 3.05) is 20.2 Å². The molecular weight excluding hydrogens is 358 g/mol. The lowest BCUT2D eigenvalue weighted by molar-refractivity contribution is 0.0499. The molecule has 0 spiro atoms. The van der Waals surface area contributed by atoms with Crippen LogP contribution in [0.15, 0.2) is 71.1 Å². The second-order valence-electron chi connectivity index (χ2n) is 6.55. The summed E-state index contributed by atoms with van der Waals surface area (Å²) in [5.41, 5.74) is 0. The van der Waals surface area contributed by atoms with Crippen molar-refractivity contribution < 1.29 is 23.4 Å². The van der Waals surface area contributed by atoms with E-state index >= 15 is 0 Å². The Labute approximate surface area is 163 Å². The molecule has 1 amide bonds. The first kappa shape index (κ1) is 18.0. The maximum absolute atomic E-state index is 12.6. The maximum Gasteiger partial charge on any atom is 0.289 e. The lowest BCUT2D eigenvalue weighted by atomic mass is 10.2. The molecule has 28 heavy (non-hydrogen) atoms. The largest absolute Gasteiger partial charge is 0.486 e.